The molecule has 92 valence electrons. The van der Waals surface area contributed by atoms with Gasteiger partial charge in [-0.2, -0.15) is 10.5 Å². The number of nitriles is 2. The first-order chi connectivity index (χ1) is 8.73. The normalized spacial score (nSPS) is 8.89. The average Bonchev–Trinajstić information content (AvgIpc) is 3.07. The summed E-state index contributed by atoms with van der Waals surface area (Å²) in [5, 5.41) is 29.7. The molecule has 0 aliphatic carbocycles. The Morgan fingerprint density at radius 2 is 1.56 bits per heavy atom. The second-order valence-electron chi connectivity index (χ2n) is 3.12. The summed E-state index contributed by atoms with van der Waals surface area (Å²) in [7, 11) is 0. The van der Waals surface area contributed by atoms with Crippen molar-refractivity contribution in [2.24, 2.45) is 0 Å². The van der Waals surface area contributed by atoms with Gasteiger partial charge in [0.2, 0.25) is 0 Å². The Kier molecular flexibility index (Phi) is 6.63. The SMILES string of the molecule is N#Cc1csc(CBr)c1.N#Cc1csc(CO)c1. The van der Waals surface area contributed by atoms with Gasteiger partial charge in [0.05, 0.1) is 17.7 Å². The lowest BCUT2D eigenvalue weighted by atomic mass is 10.3. The molecule has 0 aliphatic rings. The number of nitrogens with zero attached hydrogens (tertiary/aromatic N) is 2. The maximum Gasteiger partial charge on any atom is 0.100 e. The average molecular weight is 341 g/mol. The van der Waals surface area contributed by atoms with Gasteiger partial charge in [0.1, 0.15) is 12.1 Å². The van der Waals surface area contributed by atoms with Gasteiger partial charge in [-0.25, -0.2) is 0 Å². The maximum atomic E-state index is 8.55. The van der Waals surface area contributed by atoms with Crippen LogP contribution in [0.15, 0.2) is 22.9 Å². The molecule has 0 bridgehead atoms. The van der Waals surface area contributed by atoms with Gasteiger partial charge in [0, 0.05) is 25.8 Å². The Hall–Kier alpha value is -1.18. The summed E-state index contributed by atoms with van der Waals surface area (Å²) in [6, 6.07) is 7.63. The minimum atomic E-state index is 0.0341. The molecule has 6 heteroatoms. The number of hydrogen-bond donors (Lipinski definition) is 1. The van der Waals surface area contributed by atoms with Gasteiger partial charge in [-0.05, 0) is 12.1 Å². The van der Waals surface area contributed by atoms with Crippen LogP contribution in [0.4, 0.5) is 0 Å². The summed E-state index contributed by atoms with van der Waals surface area (Å²) < 4.78 is 0. The molecule has 1 N–H and O–H groups in total. The first kappa shape index (κ1) is 14.9. The molecule has 0 aliphatic heterocycles. The molecule has 0 saturated heterocycles. The minimum Gasteiger partial charge on any atom is -0.391 e. The van der Waals surface area contributed by atoms with Crippen molar-refractivity contribution in [1.82, 2.24) is 0 Å². The zero-order valence-electron chi connectivity index (χ0n) is 9.26. The Morgan fingerprint density at radius 3 is 1.83 bits per heavy atom. The van der Waals surface area contributed by atoms with Crippen LogP contribution in [0.2, 0.25) is 0 Å². The Morgan fingerprint density at radius 1 is 1.06 bits per heavy atom. The predicted octanol–water partition coefficient (Wildman–Crippen LogP) is 3.63. The number of halogens is 1. The predicted molar refractivity (Wildman–Crippen MR) is 76.6 cm³/mol. The lowest BCUT2D eigenvalue weighted by Crippen LogP contribution is -1.71. The molecule has 18 heavy (non-hydrogen) atoms. The number of aliphatic hydroxyl groups is 1. The second-order valence-corrected chi connectivity index (χ2v) is 5.67. The molecule has 0 amide bonds. The Labute approximate surface area is 122 Å². The van der Waals surface area contributed by atoms with Crippen LogP contribution < -0.4 is 0 Å². The van der Waals surface area contributed by atoms with E-state index in [0.29, 0.717) is 5.56 Å². The van der Waals surface area contributed by atoms with Gasteiger partial charge in [-0.15, -0.1) is 22.7 Å². The van der Waals surface area contributed by atoms with Gasteiger partial charge >= 0.3 is 0 Å². The summed E-state index contributed by atoms with van der Waals surface area (Å²) in [5.41, 5.74) is 1.39. The second kappa shape index (κ2) is 8.02. The van der Waals surface area contributed by atoms with Crippen molar-refractivity contribution < 1.29 is 5.11 Å². The van der Waals surface area contributed by atoms with E-state index < -0.39 is 0 Å². The Bertz CT molecular complexity index is 525. The van der Waals surface area contributed by atoms with E-state index in [1.54, 1.807) is 22.8 Å². The number of thiophene rings is 2. The highest BCUT2D eigenvalue weighted by Gasteiger charge is 1.95. The molecule has 2 rings (SSSR count). The van der Waals surface area contributed by atoms with Crippen molar-refractivity contribution in [2.45, 2.75) is 11.9 Å². The van der Waals surface area contributed by atoms with Crippen molar-refractivity contribution in [3.05, 3.63) is 43.8 Å². The topological polar surface area (TPSA) is 67.8 Å². The molecule has 2 aromatic heterocycles. The van der Waals surface area contributed by atoms with E-state index in [4.69, 9.17) is 15.6 Å². The van der Waals surface area contributed by atoms with E-state index in [-0.39, 0.29) is 6.61 Å². The molecule has 0 unspecified atom stereocenters. The highest BCUT2D eigenvalue weighted by atomic mass is 79.9. The molecule has 3 nitrogen and oxygen atoms in total. The van der Waals surface area contributed by atoms with E-state index in [9.17, 15) is 0 Å². The summed E-state index contributed by atoms with van der Waals surface area (Å²) in [6.07, 6.45) is 0. The van der Waals surface area contributed by atoms with Crippen molar-refractivity contribution >= 4 is 38.6 Å². The van der Waals surface area contributed by atoms with Crippen molar-refractivity contribution in [2.75, 3.05) is 0 Å². The van der Waals surface area contributed by atoms with Crippen LogP contribution >= 0.6 is 38.6 Å². The largest absolute Gasteiger partial charge is 0.391 e. The quantitative estimate of drug-likeness (QED) is 0.848. The molecule has 2 heterocycles. The molecule has 0 fully saturated rings. The van der Waals surface area contributed by atoms with Gasteiger partial charge in [0.15, 0.2) is 0 Å². The van der Waals surface area contributed by atoms with Gasteiger partial charge in [-0.1, -0.05) is 15.9 Å². The molecule has 2 aromatic rings. The molecule has 0 aromatic carbocycles. The minimum absolute atomic E-state index is 0.0341. The fourth-order valence-corrected chi connectivity index (χ4v) is 2.92. The van der Waals surface area contributed by atoms with Crippen LogP contribution in [-0.4, -0.2) is 5.11 Å². The van der Waals surface area contributed by atoms with E-state index >= 15 is 0 Å². The van der Waals surface area contributed by atoms with Crippen LogP contribution in [0.3, 0.4) is 0 Å². The zero-order valence-corrected chi connectivity index (χ0v) is 12.5. The summed E-state index contributed by atoms with van der Waals surface area (Å²) >= 11 is 6.31. The molecular formula is C12H9BrN2OS2. The highest BCUT2D eigenvalue weighted by molar-refractivity contribution is 9.08. The fourth-order valence-electron chi connectivity index (χ4n) is 1.03. The van der Waals surface area contributed by atoms with Gasteiger partial charge in [-0.3, -0.25) is 0 Å². The van der Waals surface area contributed by atoms with Gasteiger partial charge < -0.3 is 5.11 Å². The van der Waals surface area contributed by atoms with Gasteiger partial charge in [0.25, 0.3) is 0 Å². The number of hydrogen-bond acceptors (Lipinski definition) is 5. The fraction of sp³-hybridized carbons (Fsp3) is 0.167. The third-order valence-corrected chi connectivity index (χ3v) is 4.69. The Balaban J connectivity index is 0.000000180. The first-order valence-electron chi connectivity index (χ1n) is 4.85. The summed E-state index contributed by atoms with van der Waals surface area (Å²) in [4.78, 5) is 2.04. The standard InChI is InChI=1S/C6H4BrNS.C6H5NOS/c7-2-6-1-5(3-8)4-9-6;7-2-5-1-6(3-8)9-4-5/h1,4H,2H2;1,4,8H,3H2. The summed E-state index contributed by atoms with van der Waals surface area (Å²) in [6.45, 7) is 0.0341. The number of aliphatic hydroxyl groups excluding tert-OH is 1. The van der Waals surface area contributed by atoms with Crippen molar-refractivity contribution in [3.8, 4) is 12.1 Å². The molecule has 0 atom stereocenters. The molecule has 0 spiro atoms. The van der Waals surface area contributed by atoms with E-state index in [0.717, 1.165) is 15.8 Å². The lowest BCUT2D eigenvalue weighted by Gasteiger charge is -1.79. The highest BCUT2D eigenvalue weighted by Crippen LogP contribution is 2.16. The van der Waals surface area contributed by atoms with Crippen molar-refractivity contribution in [3.63, 3.8) is 0 Å². The van der Waals surface area contributed by atoms with Crippen LogP contribution in [0.5, 0.6) is 0 Å². The third kappa shape index (κ3) is 4.59. The molecular weight excluding hydrogens is 332 g/mol. The van der Waals surface area contributed by atoms with Crippen molar-refractivity contribution in [1.29, 1.82) is 10.5 Å². The van der Waals surface area contributed by atoms with Crippen LogP contribution in [0.1, 0.15) is 20.9 Å². The monoisotopic (exact) mass is 340 g/mol. The zero-order chi connectivity index (χ0) is 13.4. The van der Waals surface area contributed by atoms with E-state index in [2.05, 4.69) is 22.0 Å². The lowest BCUT2D eigenvalue weighted by molar-refractivity contribution is 0.285. The molecule has 0 saturated carbocycles. The molecule has 0 radical (unpaired) electrons. The van der Waals surface area contributed by atoms with Crippen LogP contribution in [0, 0.1) is 22.7 Å². The summed E-state index contributed by atoms with van der Waals surface area (Å²) in [5.74, 6) is 0. The first-order valence-corrected chi connectivity index (χ1v) is 7.73. The maximum absolute atomic E-state index is 8.55. The number of rotatable bonds is 2. The smallest absolute Gasteiger partial charge is 0.100 e. The number of alkyl halides is 1. The van der Waals surface area contributed by atoms with Crippen LogP contribution in [0.25, 0.3) is 0 Å². The third-order valence-electron chi connectivity index (χ3n) is 1.85. The van der Waals surface area contributed by atoms with Crippen LogP contribution in [-0.2, 0) is 11.9 Å². The van der Waals surface area contributed by atoms with E-state index in [1.807, 2.05) is 17.5 Å². The van der Waals surface area contributed by atoms with E-state index in [1.165, 1.54) is 16.2 Å².